The van der Waals surface area contributed by atoms with Gasteiger partial charge in [0.1, 0.15) is 18.3 Å². The maximum Gasteiger partial charge on any atom is 0.251 e. The van der Waals surface area contributed by atoms with Crippen molar-refractivity contribution in [2.75, 3.05) is 6.54 Å². The van der Waals surface area contributed by atoms with E-state index >= 15 is 0 Å². The van der Waals surface area contributed by atoms with E-state index in [1.807, 2.05) is 6.07 Å². The largest absolute Gasteiger partial charge is 0.378 e. The molecule has 0 saturated heterocycles. The fourth-order valence-corrected chi connectivity index (χ4v) is 6.36. The summed E-state index contributed by atoms with van der Waals surface area (Å²) in [5.74, 6) is 6.36. The average Bonchev–Trinajstić information content (AvgIpc) is 3.41. The van der Waals surface area contributed by atoms with Crippen molar-refractivity contribution in [2.45, 2.75) is 69.4 Å². The topological polar surface area (TPSA) is 80.0 Å². The van der Waals surface area contributed by atoms with Crippen molar-refractivity contribution in [1.82, 2.24) is 20.1 Å². The van der Waals surface area contributed by atoms with Crippen LogP contribution in [0.4, 0.5) is 0 Å². The molecule has 186 valence electrons. The molecule has 0 aliphatic heterocycles. The van der Waals surface area contributed by atoms with Crippen LogP contribution in [0.3, 0.4) is 0 Å². The lowest BCUT2D eigenvalue weighted by Gasteiger charge is -2.52. The first-order chi connectivity index (χ1) is 17.5. The summed E-state index contributed by atoms with van der Waals surface area (Å²) in [6, 6.07) is 16.9. The van der Waals surface area contributed by atoms with Crippen molar-refractivity contribution in [3.8, 4) is 11.8 Å². The molecule has 1 amide bonds. The van der Waals surface area contributed by atoms with E-state index < -0.39 is 5.60 Å². The van der Waals surface area contributed by atoms with E-state index in [9.17, 15) is 9.90 Å². The SMILES string of the molecule is CC#C[C@@]1(O)CC[C@@]2(Cc3ccccc3)c3ccc(C(=O)NCCCn4cncn4)cc3CC[C@@H]2C1. The van der Waals surface area contributed by atoms with Crippen LogP contribution < -0.4 is 5.32 Å². The third kappa shape index (κ3) is 4.94. The minimum atomic E-state index is -0.900. The van der Waals surface area contributed by atoms with Gasteiger partial charge in [-0.2, -0.15) is 5.10 Å². The number of carbonyl (C=O) groups is 1. The van der Waals surface area contributed by atoms with Crippen LogP contribution in [-0.4, -0.2) is 37.9 Å². The normalized spacial score (nSPS) is 24.7. The molecule has 2 aliphatic carbocycles. The fraction of sp³-hybridized carbons (Fsp3) is 0.433. The number of rotatable bonds is 7. The molecule has 2 aliphatic rings. The smallest absolute Gasteiger partial charge is 0.251 e. The van der Waals surface area contributed by atoms with Crippen LogP contribution in [0.5, 0.6) is 0 Å². The Hall–Kier alpha value is -3.43. The Morgan fingerprint density at radius 2 is 2.08 bits per heavy atom. The molecular weight excluding hydrogens is 448 g/mol. The third-order valence-corrected chi connectivity index (χ3v) is 8.05. The van der Waals surface area contributed by atoms with Crippen molar-refractivity contribution in [3.05, 3.63) is 83.4 Å². The van der Waals surface area contributed by atoms with Crippen LogP contribution in [-0.2, 0) is 24.8 Å². The summed E-state index contributed by atoms with van der Waals surface area (Å²) in [6.07, 6.45) is 9.11. The van der Waals surface area contributed by atoms with Gasteiger partial charge in [-0.05, 0) is 86.6 Å². The Morgan fingerprint density at radius 1 is 1.22 bits per heavy atom. The lowest BCUT2D eigenvalue weighted by Crippen LogP contribution is -2.51. The van der Waals surface area contributed by atoms with Gasteiger partial charge in [-0.15, -0.1) is 5.92 Å². The van der Waals surface area contributed by atoms with Gasteiger partial charge >= 0.3 is 0 Å². The summed E-state index contributed by atoms with van der Waals surface area (Å²) in [7, 11) is 0. The number of aromatic nitrogens is 3. The molecule has 3 aromatic rings. The van der Waals surface area contributed by atoms with Crippen LogP contribution in [0.15, 0.2) is 61.2 Å². The molecule has 0 radical (unpaired) electrons. The molecule has 3 atom stereocenters. The molecule has 0 bridgehead atoms. The van der Waals surface area contributed by atoms with E-state index in [-0.39, 0.29) is 11.3 Å². The van der Waals surface area contributed by atoms with Crippen LogP contribution in [0, 0.1) is 17.8 Å². The zero-order valence-electron chi connectivity index (χ0n) is 20.9. The van der Waals surface area contributed by atoms with E-state index in [1.165, 1.54) is 23.0 Å². The lowest BCUT2D eigenvalue weighted by molar-refractivity contribution is -0.00801. The number of amides is 1. The molecule has 1 saturated carbocycles. The number of nitrogens with zero attached hydrogens (tertiary/aromatic N) is 3. The highest BCUT2D eigenvalue weighted by molar-refractivity contribution is 5.94. The first kappa shape index (κ1) is 24.3. The van der Waals surface area contributed by atoms with Gasteiger partial charge < -0.3 is 10.4 Å². The molecule has 0 unspecified atom stereocenters. The fourth-order valence-electron chi connectivity index (χ4n) is 6.36. The number of benzene rings is 2. The number of fused-ring (bicyclic) bond motifs is 3. The van der Waals surface area contributed by atoms with Crippen LogP contribution in [0.2, 0.25) is 0 Å². The molecule has 1 aromatic heterocycles. The van der Waals surface area contributed by atoms with E-state index in [4.69, 9.17) is 0 Å². The molecule has 1 heterocycles. The van der Waals surface area contributed by atoms with Gasteiger partial charge in [0.05, 0.1) is 0 Å². The standard InChI is InChI=1S/C30H34N4O2/c1-2-13-29(36)14-15-30(19-23-7-4-3-5-8-23)26(20-29)11-9-24-18-25(10-12-27(24)30)28(35)32-16-6-17-34-22-31-21-33-34/h3-5,7-8,10,12,18,21-22,26,36H,6,9,11,14-17,19-20H2,1H3,(H,32,35)/t26-,29-,30+/m1/s1. The lowest BCUT2D eigenvalue weighted by atomic mass is 9.52. The van der Waals surface area contributed by atoms with Gasteiger partial charge in [0.15, 0.2) is 0 Å². The molecule has 1 fully saturated rings. The molecule has 0 spiro atoms. The first-order valence-electron chi connectivity index (χ1n) is 13.0. The molecule has 2 aromatic carbocycles. The van der Waals surface area contributed by atoms with Crippen molar-refractivity contribution < 1.29 is 9.90 Å². The molecule has 6 nitrogen and oxygen atoms in total. The van der Waals surface area contributed by atoms with Crippen molar-refractivity contribution in [3.63, 3.8) is 0 Å². The zero-order chi connectivity index (χ0) is 25.0. The Labute approximate surface area is 213 Å². The van der Waals surface area contributed by atoms with Gasteiger partial charge in [0.2, 0.25) is 0 Å². The minimum absolute atomic E-state index is 0.0353. The van der Waals surface area contributed by atoms with Gasteiger partial charge in [-0.3, -0.25) is 9.48 Å². The van der Waals surface area contributed by atoms with Crippen molar-refractivity contribution in [1.29, 1.82) is 0 Å². The predicted octanol–water partition coefficient (Wildman–Crippen LogP) is 4.08. The zero-order valence-corrected chi connectivity index (χ0v) is 20.9. The Kier molecular flexibility index (Phi) is 6.93. The quantitative estimate of drug-likeness (QED) is 0.393. The summed E-state index contributed by atoms with van der Waals surface area (Å²) in [6.45, 7) is 3.12. The van der Waals surface area contributed by atoms with E-state index in [0.717, 1.165) is 38.6 Å². The summed E-state index contributed by atoms with van der Waals surface area (Å²) in [4.78, 5) is 16.9. The summed E-state index contributed by atoms with van der Waals surface area (Å²) in [5, 5.41) is 18.3. The summed E-state index contributed by atoms with van der Waals surface area (Å²) in [5.41, 5.74) is 3.69. The monoisotopic (exact) mass is 482 g/mol. The number of aryl methyl sites for hydroxylation is 2. The first-order valence-corrected chi connectivity index (χ1v) is 13.0. The number of carbonyl (C=O) groups excluding carboxylic acids is 1. The summed E-state index contributed by atoms with van der Waals surface area (Å²) >= 11 is 0. The predicted molar refractivity (Wildman–Crippen MR) is 139 cm³/mol. The van der Waals surface area contributed by atoms with Crippen molar-refractivity contribution >= 4 is 5.91 Å². The Balaban J connectivity index is 1.37. The van der Waals surface area contributed by atoms with E-state index in [0.29, 0.717) is 30.9 Å². The summed E-state index contributed by atoms with van der Waals surface area (Å²) < 4.78 is 1.77. The van der Waals surface area contributed by atoms with Crippen molar-refractivity contribution in [2.24, 2.45) is 5.92 Å². The van der Waals surface area contributed by atoms with E-state index in [2.05, 4.69) is 69.7 Å². The highest BCUT2D eigenvalue weighted by atomic mass is 16.3. The van der Waals surface area contributed by atoms with Gasteiger partial charge in [0.25, 0.3) is 5.91 Å². The van der Waals surface area contributed by atoms with Crippen LogP contribution >= 0.6 is 0 Å². The van der Waals surface area contributed by atoms with Gasteiger partial charge in [-0.1, -0.05) is 42.3 Å². The maximum atomic E-state index is 12.9. The molecule has 2 N–H and O–H groups in total. The van der Waals surface area contributed by atoms with E-state index in [1.54, 1.807) is 17.9 Å². The third-order valence-electron chi connectivity index (χ3n) is 8.05. The molecule has 6 heteroatoms. The second kappa shape index (κ2) is 10.3. The second-order valence-electron chi connectivity index (χ2n) is 10.3. The van der Waals surface area contributed by atoms with Gasteiger partial charge in [-0.25, -0.2) is 4.98 Å². The maximum absolute atomic E-state index is 12.9. The second-order valence-corrected chi connectivity index (χ2v) is 10.3. The molecule has 5 rings (SSSR count). The van der Waals surface area contributed by atoms with Gasteiger partial charge in [0, 0.05) is 24.1 Å². The average molecular weight is 483 g/mol. The molecule has 36 heavy (non-hydrogen) atoms. The molecular formula is C30H34N4O2. The van der Waals surface area contributed by atoms with Crippen LogP contribution in [0.1, 0.15) is 66.1 Å². The van der Waals surface area contributed by atoms with Crippen LogP contribution in [0.25, 0.3) is 0 Å². The minimum Gasteiger partial charge on any atom is -0.378 e. The number of hydrogen-bond donors (Lipinski definition) is 2. The highest BCUT2D eigenvalue weighted by Gasteiger charge is 2.51. The number of aliphatic hydroxyl groups is 1. The number of hydrogen-bond acceptors (Lipinski definition) is 4. The highest BCUT2D eigenvalue weighted by Crippen LogP contribution is 2.54. The Morgan fingerprint density at radius 3 is 2.86 bits per heavy atom. The Bertz CT molecular complexity index is 1260. The number of nitrogens with one attached hydrogen (secondary N) is 1.